The lowest BCUT2D eigenvalue weighted by Gasteiger charge is -2.21. The Morgan fingerprint density at radius 3 is 2.52 bits per heavy atom. The van der Waals surface area contributed by atoms with Crippen LogP contribution in [-0.4, -0.2) is 17.7 Å². The minimum atomic E-state index is -1.68. The lowest BCUT2D eigenvalue weighted by molar-refractivity contribution is 0.0364. The van der Waals surface area contributed by atoms with Gasteiger partial charge in [-0.3, -0.25) is 0 Å². The van der Waals surface area contributed by atoms with E-state index in [1.165, 1.54) is 6.92 Å². The van der Waals surface area contributed by atoms with Crippen LogP contribution in [0.5, 0.6) is 0 Å². The number of anilines is 1. The molecule has 0 bridgehead atoms. The maximum atomic E-state index is 13.4. The summed E-state index contributed by atoms with van der Waals surface area (Å²) in [5.41, 5.74) is -2.01. The second-order valence-electron chi connectivity index (χ2n) is 5.21. The molecule has 124 valence electrons. The Morgan fingerprint density at radius 1 is 1.22 bits per heavy atom. The molecule has 8 heteroatoms. The van der Waals surface area contributed by atoms with Crippen LogP contribution in [0.3, 0.4) is 0 Å². The number of aryl methyl sites for hydroxylation is 1. The average Bonchev–Trinajstić information content (AvgIpc) is 2.93. The van der Waals surface area contributed by atoms with Gasteiger partial charge in [0.05, 0.1) is 12.2 Å². The van der Waals surface area contributed by atoms with Crippen molar-refractivity contribution in [3.8, 4) is 0 Å². The van der Waals surface area contributed by atoms with Crippen molar-refractivity contribution < 1.29 is 27.5 Å². The number of urea groups is 1. The first-order valence-corrected chi connectivity index (χ1v) is 6.68. The van der Waals surface area contributed by atoms with Crippen LogP contribution < -0.4 is 10.6 Å². The summed E-state index contributed by atoms with van der Waals surface area (Å²) in [6.45, 7) is 2.88. The quantitative estimate of drug-likeness (QED) is 0.755. The molecule has 1 unspecified atom stereocenters. The molecule has 23 heavy (non-hydrogen) atoms. The third-order valence-corrected chi connectivity index (χ3v) is 3.15. The van der Waals surface area contributed by atoms with E-state index in [4.69, 9.17) is 4.42 Å². The van der Waals surface area contributed by atoms with Gasteiger partial charge in [0, 0.05) is 0 Å². The molecule has 0 saturated heterocycles. The second kappa shape index (κ2) is 6.33. The first-order chi connectivity index (χ1) is 10.7. The number of carbonyl (C=O) groups excluding carboxylic acids is 1. The minimum absolute atomic E-state index is 0.239. The van der Waals surface area contributed by atoms with Crippen LogP contribution in [-0.2, 0) is 5.60 Å². The van der Waals surface area contributed by atoms with Crippen LogP contribution in [0, 0.1) is 24.4 Å². The Balaban J connectivity index is 1.99. The van der Waals surface area contributed by atoms with Gasteiger partial charge in [-0.25, -0.2) is 18.0 Å². The van der Waals surface area contributed by atoms with Crippen LogP contribution in [0.15, 0.2) is 28.7 Å². The minimum Gasteiger partial charge on any atom is -0.463 e. The Labute approximate surface area is 130 Å². The summed E-state index contributed by atoms with van der Waals surface area (Å²) in [5, 5.41) is 14.6. The van der Waals surface area contributed by atoms with Crippen LogP contribution >= 0.6 is 0 Å². The number of aliphatic hydroxyl groups is 1. The van der Waals surface area contributed by atoms with E-state index in [-0.39, 0.29) is 12.3 Å². The highest BCUT2D eigenvalue weighted by molar-refractivity contribution is 5.89. The van der Waals surface area contributed by atoms with Crippen LogP contribution in [0.1, 0.15) is 18.4 Å². The molecular formula is C15H15F3N2O3. The number of hydrogen-bond acceptors (Lipinski definition) is 3. The van der Waals surface area contributed by atoms with E-state index < -0.39 is 34.8 Å². The van der Waals surface area contributed by atoms with Crippen molar-refractivity contribution in [3.63, 3.8) is 0 Å². The zero-order chi connectivity index (χ0) is 17.2. The van der Waals surface area contributed by atoms with Crippen molar-refractivity contribution >= 4 is 11.7 Å². The topological polar surface area (TPSA) is 74.5 Å². The van der Waals surface area contributed by atoms with Gasteiger partial charge in [0.1, 0.15) is 17.1 Å². The normalized spacial score (nSPS) is 13.5. The van der Waals surface area contributed by atoms with Crippen LogP contribution in [0.4, 0.5) is 23.7 Å². The summed E-state index contributed by atoms with van der Waals surface area (Å²) in [7, 11) is 0. The number of carbonyl (C=O) groups is 1. The van der Waals surface area contributed by atoms with Gasteiger partial charge < -0.3 is 20.2 Å². The van der Waals surface area contributed by atoms with E-state index in [1.807, 2.05) is 5.32 Å². The lowest BCUT2D eigenvalue weighted by Crippen LogP contribution is -2.40. The molecule has 0 aliphatic rings. The summed E-state index contributed by atoms with van der Waals surface area (Å²) >= 11 is 0. The first-order valence-electron chi connectivity index (χ1n) is 6.68. The first kappa shape index (κ1) is 16.9. The third kappa shape index (κ3) is 3.84. The van der Waals surface area contributed by atoms with Gasteiger partial charge in [-0.15, -0.1) is 0 Å². The zero-order valence-electron chi connectivity index (χ0n) is 12.4. The number of amides is 2. The molecule has 0 radical (unpaired) electrons. The van der Waals surface area contributed by atoms with Crippen molar-refractivity contribution in [1.29, 1.82) is 0 Å². The van der Waals surface area contributed by atoms with E-state index in [1.54, 1.807) is 19.1 Å². The fraction of sp³-hybridized carbons (Fsp3) is 0.267. The van der Waals surface area contributed by atoms with E-state index in [0.29, 0.717) is 11.8 Å². The van der Waals surface area contributed by atoms with Gasteiger partial charge in [-0.05, 0) is 38.1 Å². The Kier molecular flexibility index (Phi) is 4.65. The molecule has 2 amide bonds. The summed E-state index contributed by atoms with van der Waals surface area (Å²) in [5.74, 6) is -3.71. The number of furan rings is 1. The van der Waals surface area contributed by atoms with Gasteiger partial charge in [0.2, 0.25) is 0 Å². The van der Waals surface area contributed by atoms with E-state index in [2.05, 4.69) is 5.32 Å². The van der Waals surface area contributed by atoms with Crippen molar-refractivity contribution in [2.24, 2.45) is 0 Å². The number of rotatable bonds is 4. The molecule has 3 N–H and O–H groups in total. The molecule has 2 rings (SSSR count). The summed E-state index contributed by atoms with van der Waals surface area (Å²) in [6.07, 6.45) is 0. The molecule has 1 aromatic heterocycles. The molecule has 0 aliphatic carbocycles. The molecule has 0 aliphatic heterocycles. The molecule has 1 aromatic carbocycles. The number of nitrogens with one attached hydrogen (secondary N) is 2. The fourth-order valence-corrected chi connectivity index (χ4v) is 1.85. The van der Waals surface area contributed by atoms with Crippen LogP contribution in [0.25, 0.3) is 0 Å². The van der Waals surface area contributed by atoms with E-state index >= 15 is 0 Å². The SMILES string of the molecule is Cc1ccc(C(C)(O)CNC(=O)Nc2ccc(F)c(F)c2F)o1. The standard InChI is InChI=1S/C15H15F3N2O3/c1-8-3-6-11(23-8)15(2,22)7-19-14(21)20-10-5-4-9(16)12(17)13(10)18/h3-6,22H,7H2,1-2H3,(H2,19,20,21). The number of benzene rings is 1. The van der Waals surface area contributed by atoms with Gasteiger partial charge in [0.25, 0.3) is 0 Å². The Hall–Kier alpha value is -2.48. The molecule has 0 spiro atoms. The predicted molar refractivity (Wildman–Crippen MR) is 76.4 cm³/mol. The van der Waals surface area contributed by atoms with Crippen molar-refractivity contribution in [2.45, 2.75) is 19.4 Å². The third-order valence-electron chi connectivity index (χ3n) is 3.15. The molecular weight excluding hydrogens is 313 g/mol. The summed E-state index contributed by atoms with van der Waals surface area (Å²) in [6, 6.07) is 3.90. The highest BCUT2D eigenvalue weighted by atomic mass is 19.2. The van der Waals surface area contributed by atoms with Crippen LogP contribution in [0.2, 0.25) is 0 Å². The Morgan fingerprint density at radius 2 is 1.91 bits per heavy atom. The smallest absolute Gasteiger partial charge is 0.319 e. The molecule has 5 nitrogen and oxygen atoms in total. The molecule has 2 aromatic rings. The summed E-state index contributed by atoms with van der Waals surface area (Å²) < 4.78 is 44.6. The monoisotopic (exact) mass is 328 g/mol. The van der Waals surface area contributed by atoms with E-state index in [9.17, 15) is 23.1 Å². The Bertz CT molecular complexity index is 729. The molecule has 0 fully saturated rings. The highest BCUT2D eigenvalue weighted by Crippen LogP contribution is 2.22. The molecule has 0 saturated carbocycles. The van der Waals surface area contributed by atoms with Gasteiger partial charge in [-0.2, -0.15) is 0 Å². The van der Waals surface area contributed by atoms with Gasteiger partial charge >= 0.3 is 6.03 Å². The zero-order valence-corrected chi connectivity index (χ0v) is 12.4. The van der Waals surface area contributed by atoms with Crippen molar-refractivity contribution in [3.05, 3.63) is 53.2 Å². The number of hydrogen-bond donors (Lipinski definition) is 3. The largest absolute Gasteiger partial charge is 0.463 e. The highest BCUT2D eigenvalue weighted by Gasteiger charge is 2.27. The average molecular weight is 328 g/mol. The fourth-order valence-electron chi connectivity index (χ4n) is 1.85. The van der Waals surface area contributed by atoms with Gasteiger partial charge in [0.15, 0.2) is 17.5 Å². The second-order valence-corrected chi connectivity index (χ2v) is 5.21. The summed E-state index contributed by atoms with van der Waals surface area (Å²) in [4.78, 5) is 11.7. The predicted octanol–water partition coefficient (Wildman–Crippen LogP) is 3.03. The maximum absolute atomic E-state index is 13.4. The van der Waals surface area contributed by atoms with Crippen molar-refractivity contribution in [1.82, 2.24) is 5.32 Å². The van der Waals surface area contributed by atoms with E-state index in [0.717, 1.165) is 6.07 Å². The molecule has 1 atom stereocenters. The lowest BCUT2D eigenvalue weighted by atomic mass is 10.0. The molecule has 1 heterocycles. The van der Waals surface area contributed by atoms with Gasteiger partial charge in [-0.1, -0.05) is 0 Å². The number of halogens is 3. The van der Waals surface area contributed by atoms with Crippen molar-refractivity contribution in [2.75, 3.05) is 11.9 Å². The maximum Gasteiger partial charge on any atom is 0.319 e.